The first-order chi connectivity index (χ1) is 11.0. The van der Waals surface area contributed by atoms with Crippen LogP contribution < -0.4 is 10.9 Å². The van der Waals surface area contributed by atoms with Gasteiger partial charge in [-0.2, -0.15) is 0 Å². The Bertz CT molecular complexity index is 441. The zero-order valence-corrected chi connectivity index (χ0v) is 14.1. The summed E-state index contributed by atoms with van der Waals surface area (Å²) in [7, 11) is 0. The Labute approximate surface area is 137 Å². The molecule has 0 bridgehead atoms. The van der Waals surface area contributed by atoms with Gasteiger partial charge >= 0.3 is 0 Å². The molecule has 3 amide bonds. The summed E-state index contributed by atoms with van der Waals surface area (Å²) >= 11 is 0. The normalized spacial score (nSPS) is 21.0. The molecule has 1 aliphatic carbocycles. The zero-order chi connectivity index (χ0) is 16.8. The van der Waals surface area contributed by atoms with Crippen molar-refractivity contribution in [2.24, 2.45) is 5.92 Å². The first-order valence-electron chi connectivity index (χ1n) is 8.64. The number of carbonyl (C=O) groups excluding carboxylic acids is 3. The lowest BCUT2D eigenvalue weighted by Gasteiger charge is -2.38. The van der Waals surface area contributed by atoms with Crippen molar-refractivity contribution in [2.45, 2.75) is 52.0 Å². The first-order valence-corrected chi connectivity index (χ1v) is 8.64. The van der Waals surface area contributed by atoms with Crippen LogP contribution in [-0.2, 0) is 14.4 Å². The average molecular weight is 324 g/mol. The number of carbonyl (C=O) groups is 3. The molecular formula is C16H28N4O3. The maximum atomic E-state index is 12.4. The standard InChI is InChI=1S/C16H28N4O3/c1-3-14(21)17-18-15(22)12(2)19-8-10-20(11-9-19)16(23)13-6-4-5-7-13/h12-13H,3-11H2,1-2H3,(H,17,21)(H,18,22). The summed E-state index contributed by atoms with van der Waals surface area (Å²) in [5.41, 5.74) is 4.83. The molecule has 0 spiro atoms. The molecule has 23 heavy (non-hydrogen) atoms. The Morgan fingerprint density at radius 1 is 1.04 bits per heavy atom. The molecule has 0 aromatic carbocycles. The highest BCUT2D eigenvalue weighted by atomic mass is 16.2. The van der Waals surface area contributed by atoms with Crippen LogP contribution in [0.1, 0.15) is 46.0 Å². The van der Waals surface area contributed by atoms with Crippen LogP contribution in [0.5, 0.6) is 0 Å². The molecule has 130 valence electrons. The Hall–Kier alpha value is -1.63. The Kier molecular flexibility index (Phi) is 6.38. The SMILES string of the molecule is CCC(=O)NNC(=O)C(C)N1CCN(C(=O)C2CCCC2)CC1. The highest BCUT2D eigenvalue weighted by Crippen LogP contribution is 2.27. The fourth-order valence-corrected chi connectivity index (χ4v) is 3.25. The Morgan fingerprint density at radius 2 is 1.65 bits per heavy atom. The van der Waals surface area contributed by atoms with Crippen LogP contribution in [0.3, 0.4) is 0 Å². The molecule has 2 fully saturated rings. The topological polar surface area (TPSA) is 81.8 Å². The van der Waals surface area contributed by atoms with Crippen LogP contribution >= 0.6 is 0 Å². The van der Waals surface area contributed by atoms with Crippen LogP contribution in [0, 0.1) is 5.92 Å². The minimum Gasteiger partial charge on any atom is -0.340 e. The molecule has 2 aliphatic rings. The van der Waals surface area contributed by atoms with Gasteiger partial charge in [-0.1, -0.05) is 19.8 Å². The van der Waals surface area contributed by atoms with E-state index in [4.69, 9.17) is 0 Å². The lowest BCUT2D eigenvalue weighted by molar-refractivity contribution is -0.138. The van der Waals surface area contributed by atoms with Crippen molar-refractivity contribution in [2.75, 3.05) is 26.2 Å². The smallest absolute Gasteiger partial charge is 0.255 e. The molecule has 1 saturated heterocycles. The molecular weight excluding hydrogens is 296 g/mol. The fraction of sp³-hybridized carbons (Fsp3) is 0.812. The minimum atomic E-state index is -0.323. The van der Waals surface area contributed by atoms with Crippen molar-refractivity contribution in [3.05, 3.63) is 0 Å². The lowest BCUT2D eigenvalue weighted by atomic mass is 10.1. The zero-order valence-electron chi connectivity index (χ0n) is 14.1. The van der Waals surface area contributed by atoms with Crippen LogP contribution in [0.2, 0.25) is 0 Å². The Balaban J connectivity index is 1.75. The van der Waals surface area contributed by atoms with Crippen molar-refractivity contribution in [3.8, 4) is 0 Å². The second kappa shape index (κ2) is 8.29. The Morgan fingerprint density at radius 3 is 2.22 bits per heavy atom. The summed E-state index contributed by atoms with van der Waals surface area (Å²) < 4.78 is 0. The second-order valence-electron chi connectivity index (χ2n) is 6.41. The van der Waals surface area contributed by atoms with Gasteiger partial charge in [0.05, 0.1) is 6.04 Å². The number of piperazine rings is 1. The van der Waals surface area contributed by atoms with Gasteiger partial charge in [-0.25, -0.2) is 0 Å². The number of hydrogen-bond donors (Lipinski definition) is 2. The molecule has 7 heteroatoms. The van der Waals surface area contributed by atoms with E-state index in [2.05, 4.69) is 10.9 Å². The highest BCUT2D eigenvalue weighted by molar-refractivity contribution is 5.85. The number of hydrazine groups is 1. The van der Waals surface area contributed by atoms with Gasteiger partial charge in [-0.15, -0.1) is 0 Å². The summed E-state index contributed by atoms with van der Waals surface area (Å²) in [6.07, 6.45) is 4.70. The van der Waals surface area contributed by atoms with Gasteiger partial charge in [0.15, 0.2) is 0 Å². The molecule has 0 aromatic heterocycles. The highest BCUT2D eigenvalue weighted by Gasteiger charge is 2.31. The van der Waals surface area contributed by atoms with E-state index in [0.29, 0.717) is 32.6 Å². The third-order valence-electron chi connectivity index (χ3n) is 4.90. The van der Waals surface area contributed by atoms with E-state index in [1.807, 2.05) is 16.7 Å². The van der Waals surface area contributed by atoms with E-state index in [9.17, 15) is 14.4 Å². The molecule has 2 N–H and O–H groups in total. The van der Waals surface area contributed by atoms with Crippen LogP contribution in [0.15, 0.2) is 0 Å². The number of nitrogens with zero attached hydrogens (tertiary/aromatic N) is 2. The minimum absolute atomic E-state index is 0.211. The third kappa shape index (κ3) is 4.67. The fourth-order valence-electron chi connectivity index (χ4n) is 3.25. The first kappa shape index (κ1) is 17.7. The molecule has 1 saturated carbocycles. The number of rotatable bonds is 4. The summed E-state index contributed by atoms with van der Waals surface area (Å²) in [4.78, 5) is 39.6. The molecule has 1 aliphatic heterocycles. The predicted molar refractivity (Wildman–Crippen MR) is 86.1 cm³/mol. The van der Waals surface area contributed by atoms with E-state index >= 15 is 0 Å². The number of hydrogen-bond acceptors (Lipinski definition) is 4. The summed E-state index contributed by atoms with van der Waals surface area (Å²) in [6.45, 7) is 6.28. The second-order valence-corrected chi connectivity index (χ2v) is 6.41. The maximum Gasteiger partial charge on any atom is 0.255 e. The summed E-state index contributed by atoms with van der Waals surface area (Å²) in [6, 6.07) is -0.323. The van der Waals surface area contributed by atoms with Gasteiger partial charge in [-0.05, 0) is 19.8 Å². The van der Waals surface area contributed by atoms with Gasteiger partial charge in [0.2, 0.25) is 11.8 Å². The molecule has 0 radical (unpaired) electrons. The van der Waals surface area contributed by atoms with Gasteiger partial charge in [0, 0.05) is 38.5 Å². The number of nitrogens with one attached hydrogen (secondary N) is 2. The van der Waals surface area contributed by atoms with Crippen molar-refractivity contribution >= 4 is 17.7 Å². The molecule has 1 unspecified atom stereocenters. The molecule has 1 heterocycles. The van der Waals surface area contributed by atoms with E-state index in [1.165, 1.54) is 0 Å². The average Bonchev–Trinajstić information content (AvgIpc) is 3.12. The van der Waals surface area contributed by atoms with Gasteiger partial charge < -0.3 is 4.90 Å². The van der Waals surface area contributed by atoms with Gasteiger partial charge in [0.25, 0.3) is 5.91 Å². The van der Waals surface area contributed by atoms with Crippen molar-refractivity contribution < 1.29 is 14.4 Å². The largest absolute Gasteiger partial charge is 0.340 e. The van der Waals surface area contributed by atoms with E-state index < -0.39 is 0 Å². The van der Waals surface area contributed by atoms with Crippen LogP contribution in [0.25, 0.3) is 0 Å². The number of amides is 3. The molecule has 2 rings (SSSR count). The van der Waals surface area contributed by atoms with Gasteiger partial charge in [0.1, 0.15) is 0 Å². The van der Waals surface area contributed by atoms with E-state index in [-0.39, 0.29) is 29.7 Å². The van der Waals surface area contributed by atoms with Crippen LogP contribution in [-0.4, -0.2) is 59.7 Å². The summed E-state index contributed by atoms with van der Waals surface area (Å²) in [5.74, 6) is 0.0703. The van der Waals surface area contributed by atoms with Crippen LogP contribution in [0.4, 0.5) is 0 Å². The molecule has 0 aromatic rings. The maximum absolute atomic E-state index is 12.4. The summed E-state index contributed by atoms with van der Waals surface area (Å²) in [5, 5.41) is 0. The quantitative estimate of drug-likeness (QED) is 0.727. The van der Waals surface area contributed by atoms with E-state index in [0.717, 1.165) is 25.7 Å². The lowest BCUT2D eigenvalue weighted by Crippen LogP contribution is -2.57. The van der Waals surface area contributed by atoms with Crippen molar-refractivity contribution in [3.63, 3.8) is 0 Å². The molecule has 1 atom stereocenters. The predicted octanol–water partition coefficient (Wildman–Crippen LogP) is 0.267. The van der Waals surface area contributed by atoms with Crippen molar-refractivity contribution in [1.29, 1.82) is 0 Å². The van der Waals surface area contributed by atoms with E-state index in [1.54, 1.807) is 6.92 Å². The molecule has 7 nitrogen and oxygen atoms in total. The van der Waals surface area contributed by atoms with Gasteiger partial charge in [-0.3, -0.25) is 30.1 Å². The monoisotopic (exact) mass is 324 g/mol. The third-order valence-corrected chi connectivity index (χ3v) is 4.90. The van der Waals surface area contributed by atoms with Crippen molar-refractivity contribution in [1.82, 2.24) is 20.7 Å².